The zero-order valence-corrected chi connectivity index (χ0v) is 20.0. The van der Waals surface area contributed by atoms with Crippen LogP contribution < -0.4 is 5.32 Å². The van der Waals surface area contributed by atoms with Crippen LogP contribution in [0.1, 0.15) is 39.0 Å². The molecule has 1 saturated carbocycles. The lowest BCUT2D eigenvalue weighted by molar-refractivity contribution is -0.143. The Labute approximate surface area is 200 Å². The highest BCUT2D eigenvalue weighted by Crippen LogP contribution is 2.53. The van der Waals surface area contributed by atoms with Gasteiger partial charge in [-0.05, 0) is 75.7 Å². The SMILES string of the molecule is C[C@H]1C(=O)N([C@H](CO)CCCN2CCC3(CC3)[C@H](O)C2)CCN1C(=O)Nc1cccc(Cl)c1. The molecular formula is C24H35ClN4O4. The Morgan fingerprint density at radius 3 is 2.73 bits per heavy atom. The van der Waals surface area contributed by atoms with Gasteiger partial charge in [-0.1, -0.05) is 17.7 Å². The first-order chi connectivity index (χ1) is 15.8. The molecule has 1 aromatic rings. The van der Waals surface area contributed by atoms with E-state index >= 15 is 0 Å². The van der Waals surface area contributed by atoms with Crippen LogP contribution in [0.3, 0.4) is 0 Å². The number of likely N-dealkylation sites (tertiary alicyclic amines) is 1. The second kappa shape index (κ2) is 10.2. The normalized spacial score (nSPS) is 25.9. The number of urea groups is 1. The number of aliphatic hydroxyl groups excluding tert-OH is 2. The molecule has 0 radical (unpaired) electrons. The fraction of sp³-hybridized carbons (Fsp3) is 0.667. The number of anilines is 1. The standard InChI is InChI=1S/C24H35ClN4O4/c1-17-22(32)29(13-12-28(17)23(33)26-19-5-2-4-18(25)14-19)20(16-30)6-3-10-27-11-9-24(7-8-24)21(31)15-27/h2,4-5,14,17,20-21,30-31H,3,6-13,15-16H2,1H3,(H,26,33)/t17-,20-,21+/m0/s1. The van der Waals surface area contributed by atoms with Crippen molar-refractivity contribution in [1.82, 2.24) is 14.7 Å². The summed E-state index contributed by atoms with van der Waals surface area (Å²) < 4.78 is 0. The van der Waals surface area contributed by atoms with E-state index < -0.39 is 6.04 Å². The Hall–Kier alpha value is -1.87. The molecule has 2 aliphatic heterocycles. The predicted molar refractivity (Wildman–Crippen MR) is 127 cm³/mol. The van der Waals surface area contributed by atoms with Gasteiger partial charge in [0.1, 0.15) is 6.04 Å². The van der Waals surface area contributed by atoms with Crippen LogP contribution >= 0.6 is 11.6 Å². The van der Waals surface area contributed by atoms with Gasteiger partial charge < -0.3 is 30.2 Å². The van der Waals surface area contributed by atoms with Crippen molar-refractivity contribution in [3.8, 4) is 0 Å². The number of nitrogens with one attached hydrogen (secondary N) is 1. The summed E-state index contributed by atoms with van der Waals surface area (Å²) in [5.74, 6) is -0.148. The van der Waals surface area contributed by atoms with E-state index in [4.69, 9.17) is 11.6 Å². The molecule has 0 aromatic heterocycles. The highest BCUT2D eigenvalue weighted by Gasteiger charge is 2.51. The van der Waals surface area contributed by atoms with E-state index in [2.05, 4.69) is 10.2 Å². The maximum absolute atomic E-state index is 13.1. The van der Waals surface area contributed by atoms with Crippen LogP contribution in [0, 0.1) is 5.41 Å². The molecule has 1 aliphatic carbocycles. The first kappa shape index (κ1) is 24.3. The van der Waals surface area contributed by atoms with Crippen LogP contribution in [0.5, 0.6) is 0 Å². The van der Waals surface area contributed by atoms with Gasteiger partial charge in [-0.2, -0.15) is 0 Å². The number of β-amino-alcohol motifs (C(OH)–C–C–N with tert-alkyl or cyclic N) is 1. The van der Waals surface area contributed by atoms with E-state index in [1.54, 1.807) is 36.1 Å². The summed E-state index contributed by atoms with van der Waals surface area (Å²) in [5.41, 5.74) is 0.782. The van der Waals surface area contributed by atoms with Gasteiger partial charge in [0, 0.05) is 30.3 Å². The molecule has 0 unspecified atom stereocenters. The van der Waals surface area contributed by atoms with E-state index in [0.29, 0.717) is 30.2 Å². The molecule has 3 aliphatic rings. The molecule has 3 fully saturated rings. The number of benzene rings is 1. The number of hydrogen-bond donors (Lipinski definition) is 3. The third kappa shape index (κ3) is 5.45. The molecule has 2 saturated heterocycles. The molecule has 1 spiro atoms. The number of halogens is 1. The minimum Gasteiger partial charge on any atom is -0.394 e. The quantitative estimate of drug-likeness (QED) is 0.559. The van der Waals surface area contributed by atoms with Crippen molar-refractivity contribution in [3.63, 3.8) is 0 Å². The molecule has 3 N–H and O–H groups in total. The molecular weight excluding hydrogens is 444 g/mol. The lowest BCUT2D eigenvalue weighted by atomic mass is 9.90. The summed E-state index contributed by atoms with van der Waals surface area (Å²) in [6.07, 6.45) is 4.68. The largest absolute Gasteiger partial charge is 0.394 e. The molecule has 3 amide bonds. The Balaban J connectivity index is 1.26. The Morgan fingerprint density at radius 2 is 2.06 bits per heavy atom. The molecule has 33 heavy (non-hydrogen) atoms. The van der Waals surface area contributed by atoms with E-state index in [1.807, 2.05) is 0 Å². The molecule has 3 atom stereocenters. The molecule has 4 rings (SSSR count). The topological polar surface area (TPSA) is 96.3 Å². The van der Waals surface area contributed by atoms with Gasteiger partial charge in [-0.3, -0.25) is 4.79 Å². The minimum atomic E-state index is -0.612. The predicted octanol–water partition coefficient (Wildman–Crippen LogP) is 2.39. The van der Waals surface area contributed by atoms with E-state index in [-0.39, 0.29) is 36.1 Å². The van der Waals surface area contributed by atoms with Crippen molar-refractivity contribution in [3.05, 3.63) is 29.3 Å². The van der Waals surface area contributed by atoms with Crippen molar-refractivity contribution >= 4 is 29.2 Å². The van der Waals surface area contributed by atoms with Crippen molar-refractivity contribution < 1.29 is 19.8 Å². The summed E-state index contributed by atoms with van der Waals surface area (Å²) in [7, 11) is 0. The van der Waals surface area contributed by atoms with Crippen LogP contribution in [-0.2, 0) is 4.79 Å². The maximum Gasteiger partial charge on any atom is 0.322 e. The number of nitrogens with zero attached hydrogens (tertiary/aromatic N) is 3. The van der Waals surface area contributed by atoms with E-state index in [0.717, 1.165) is 45.3 Å². The summed E-state index contributed by atoms with van der Waals surface area (Å²) in [6, 6.07) is 5.69. The van der Waals surface area contributed by atoms with Crippen LogP contribution in [0.25, 0.3) is 0 Å². The number of amides is 3. The van der Waals surface area contributed by atoms with Gasteiger partial charge in [0.05, 0.1) is 18.8 Å². The number of piperidine rings is 1. The number of hydrogen-bond acceptors (Lipinski definition) is 5. The number of rotatable bonds is 7. The summed E-state index contributed by atoms with van der Waals surface area (Å²) >= 11 is 5.98. The van der Waals surface area contributed by atoms with E-state index in [1.165, 1.54) is 4.90 Å². The molecule has 2 heterocycles. The molecule has 9 heteroatoms. The third-order valence-corrected chi connectivity index (χ3v) is 7.88. The highest BCUT2D eigenvalue weighted by atomic mass is 35.5. The molecule has 0 bridgehead atoms. The average molecular weight is 479 g/mol. The zero-order valence-electron chi connectivity index (χ0n) is 19.3. The number of carbonyl (C=O) groups is 2. The van der Waals surface area contributed by atoms with Gasteiger partial charge in [0.25, 0.3) is 0 Å². The van der Waals surface area contributed by atoms with Crippen LogP contribution in [-0.4, -0.2) is 94.4 Å². The van der Waals surface area contributed by atoms with Crippen LogP contribution in [0.15, 0.2) is 24.3 Å². The van der Waals surface area contributed by atoms with Crippen LogP contribution in [0.2, 0.25) is 5.02 Å². The minimum absolute atomic E-state index is 0.0983. The van der Waals surface area contributed by atoms with Gasteiger partial charge in [0.15, 0.2) is 0 Å². The monoisotopic (exact) mass is 478 g/mol. The lowest BCUT2D eigenvalue weighted by Gasteiger charge is -2.42. The van der Waals surface area contributed by atoms with E-state index in [9.17, 15) is 19.8 Å². The first-order valence-electron chi connectivity index (χ1n) is 12.0. The smallest absolute Gasteiger partial charge is 0.322 e. The number of aliphatic hydroxyl groups is 2. The second-order valence-electron chi connectivity index (χ2n) is 9.75. The van der Waals surface area contributed by atoms with Gasteiger partial charge in [-0.15, -0.1) is 0 Å². The molecule has 1 aromatic carbocycles. The van der Waals surface area contributed by atoms with Gasteiger partial charge >= 0.3 is 6.03 Å². The average Bonchev–Trinajstić information content (AvgIpc) is 3.57. The van der Waals surface area contributed by atoms with Crippen molar-refractivity contribution in [2.24, 2.45) is 5.41 Å². The fourth-order valence-electron chi connectivity index (χ4n) is 5.21. The Bertz CT molecular complexity index is 865. The first-order valence-corrected chi connectivity index (χ1v) is 12.4. The summed E-state index contributed by atoms with van der Waals surface area (Å²) in [5, 5.41) is 23.7. The number of carbonyl (C=O) groups excluding carboxylic acids is 2. The summed E-state index contributed by atoms with van der Waals surface area (Å²) in [4.78, 5) is 31.3. The number of piperazine rings is 1. The third-order valence-electron chi connectivity index (χ3n) is 7.65. The Morgan fingerprint density at radius 1 is 1.27 bits per heavy atom. The van der Waals surface area contributed by atoms with Gasteiger partial charge in [-0.25, -0.2) is 4.79 Å². The maximum atomic E-state index is 13.1. The molecule has 182 valence electrons. The van der Waals surface area contributed by atoms with Crippen molar-refractivity contribution in [2.45, 2.75) is 57.2 Å². The second-order valence-corrected chi connectivity index (χ2v) is 10.2. The highest BCUT2D eigenvalue weighted by molar-refractivity contribution is 6.30. The van der Waals surface area contributed by atoms with Gasteiger partial charge in [0.2, 0.25) is 5.91 Å². The fourth-order valence-corrected chi connectivity index (χ4v) is 5.40. The van der Waals surface area contributed by atoms with Crippen molar-refractivity contribution in [2.75, 3.05) is 44.6 Å². The Kier molecular flexibility index (Phi) is 7.48. The zero-order chi connectivity index (χ0) is 23.6. The molecule has 8 nitrogen and oxygen atoms in total. The lowest BCUT2D eigenvalue weighted by Crippen LogP contribution is -2.61. The van der Waals surface area contributed by atoms with Crippen LogP contribution in [0.4, 0.5) is 10.5 Å². The summed E-state index contributed by atoms with van der Waals surface area (Å²) in [6.45, 7) is 5.01. The van der Waals surface area contributed by atoms with Crippen molar-refractivity contribution in [1.29, 1.82) is 0 Å².